The van der Waals surface area contributed by atoms with Gasteiger partial charge in [-0.3, -0.25) is 14.9 Å². The molecule has 142 valence electrons. The summed E-state index contributed by atoms with van der Waals surface area (Å²) in [6.45, 7) is -0.166. The van der Waals surface area contributed by atoms with Gasteiger partial charge in [-0.15, -0.1) is 0 Å². The molecule has 1 N–H and O–H groups in total. The van der Waals surface area contributed by atoms with Gasteiger partial charge >= 0.3 is 5.97 Å². The lowest BCUT2D eigenvalue weighted by Crippen LogP contribution is -2.21. The van der Waals surface area contributed by atoms with E-state index in [2.05, 4.69) is 5.32 Å². The molecule has 2 aromatic rings. The Morgan fingerprint density at radius 2 is 1.81 bits per heavy atom. The normalized spacial score (nSPS) is 10.1. The summed E-state index contributed by atoms with van der Waals surface area (Å²) in [7, 11) is 2.94. The highest BCUT2D eigenvalue weighted by molar-refractivity contribution is 5.96. The number of benzene rings is 2. The van der Waals surface area contributed by atoms with Crippen LogP contribution in [-0.4, -0.2) is 37.6 Å². The molecule has 0 spiro atoms. The van der Waals surface area contributed by atoms with Crippen LogP contribution in [0, 0.1) is 10.1 Å². The van der Waals surface area contributed by atoms with Crippen molar-refractivity contribution in [2.75, 3.05) is 26.1 Å². The number of nitrogens with one attached hydrogen (secondary N) is 1. The maximum atomic E-state index is 12.0. The highest BCUT2D eigenvalue weighted by Gasteiger charge is 2.18. The third-order valence-electron chi connectivity index (χ3n) is 3.51. The number of methoxy groups -OCH3 is 2. The van der Waals surface area contributed by atoms with E-state index >= 15 is 0 Å². The van der Waals surface area contributed by atoms with Crippen molar-refractivity contribution in [3.05, 3.63) is 63.7 Å². The second-order valence-electron chi connectivity index (χ2n) is 5.39. The molecule has 0 radical (unpaired) electrons. The van der Waals surface area contributed by atoms with E-state index in [0.717, 1.165) is 5.56 Å². The minimum absolute atomic E-state index is 0.0224. The van der Waals surface area contributed by atoms with Crippen LogP contribution in [0.3, 0.4) is 0 Å². The van der Waals surface area contributed by atoms with E-state index < -0.39 is 23.4 Å². The fourth-order valence-electron chi connectivity index (χ4n) is 2.20. The van der Waals surface area contributed by atoms with Gasteiger partial charge < -0.3 is 19.5 Å². The molecule has 27 heavy (non-hydrogen) atoms. The second kappa shape index (κ2) is 9.30. The first kappa shape index (κ1) is 19.9. The predicted molar refractivity (Wildman–Crippen MR) is 95.7 cm³/mol. The standard InChI is InChI=1S/C18H18N2O7/c1-25-10-12-3-5-13(6-4-12)18(22)27-11-17(21)19-15-8-7-14(26-2)9-16(15)20(23)24/h3-9H,10-11H2,1-2H3,(H,19,21). The van der Waals surface area contributed by atoms with Crippen molar-refractivity contribution >= 4 is 23.3 Å². The Balaban J connectivity index is 1.96. The van der Waals surface area contributed by atoms with Crippen LogP contribution in [0.4, 0.5) is 11.4 Å². The van der Waals surface area contributed by atoms with E-state index in [1.165, 1.54) is 25.3 Å². The average Bonchev–Trinajstić information content (AvgIpc) is 2.67. The molecule has 2 aromatic carbocycles. The quantitative estimate of drug-likeness (QED) is 0.429. The lowest BCUT2D eigenvalue weighted by Gasteiger charge is -2.08. The highest BCUT2D eigenvalue weighted by atomic mass is 16.6. The van der Waals surface area contributed by atoms with Crippen molar-refractivity contribution in [2.24, 2.45) is 0 Å². The number of carbonyl (C=O) groups is 2. The van der Waals surface area contributed by atoms with Gasteiger partial charge in [0.1, 0.15) is 11.4 Å². The van der Waals surface area contributed by atoms with Crippen LogP contribution in [-0.2, 0) is 20.9 Å². The summed E-state index contributed by atoms with van der Waals surface area (Å²) in [5.74, 6) is -1.10. The van der Waals surface area contributed by atoms with E-state index in [1.54, 1.807) is 31.4 Å². The molecule has 0 aromatic heterocycles. The maximum Gasteiger partial charge on any atom is 0.338 e. The molecule has 0 fully saturated rings. The second-order valence-corrected chi connectivity index (χ2v) is 5.39. The van der Waals surface area contributed by atoms with Crippen molar-refractivity contribution < 1.29 is 28.7 Å². The molecule has 0 saturated carbocycles. The summed E-state index contributed by atoms with van der Waals surface area (Å²) in [4.78, 5) is 34.4. The van der Waals surface area contributed by atoms with Crippen LogP contribution in [0.1, 0.15) is 15.9 Å². The Morgan fingerprint density at radius 1 is 1.11 bits per heavy atom. The number of nitrogens with zero attached hydrogens (tertiary/aromatic N) is 1. The number of anilines is 1. The summed E-state index contributed by atoms with van der Waals surface area (Å²) >= 11 is 0. The molecule has 0 heterocycles. The molecule has 2 rings (SSSR count). The number of carbonyl (C=O) groups excluding carboxylic acids is 2. The van der Waals surface area contributed by atoms with E-state index in [0.29, 0.717) is 6.61 Å². The molecule has 0 aliphatic rings. The molecular formula is C18H18N2O7. The summed E-state index contributed by atoms with van der Waals surface area (Å²) in [6.07, 6.45) is 0. The fourth-order valence-corrected chi connectivity index (χ4v) is 2.20. The Labute approximate surface area is 155 Å². The molecule has 9 nitrogen and oxygen atoms in total. The number of nitro benzene ring substituents is 1. The van der Waals surface area contributed by atoms with Crippen LogP contribution < -0.4 is 10.1 Å². The van der Waals surface area contributed by atoms with Gasteiger partial charge in [0.2, 0.25) is 0 Å². The SMILES string of the molecule is COCc1ccc(C(=O)OCC(=O)Nc2ccc(OC)cc2[N+](=O)[O-])cc1. The first-order valence-corrected chi connectivity index (χ1v) is 7.82. The Hall–Kier alpha value is -3.46. The highest BCUT2D eigenvalue weighted by Crippen LogP contribution is 2.28. The lowest BCUT2D eigenvalue weighted by atomic mass is 10.1. The third-order valence-corrected chi connectivity index (χ3v) is 3.51. The Morgan fingerprint density at radius 3 is 2.41 bits per heavy atom. The summed E-state index contributed by atoms with van der Waals surface area (Å²) in [6, 6.07) is 10.5. The molecule has 0 bridgehead atoms. The lowest BCUT2D eigenvalue weighted by molar-refractivity contribution is -0.384. The third kappa shape index (κ3) is 5.51. The molecule has 0 aliphatic carbocycles. The molecule has 1 amide bonds. The van der Waals surface area contributed by atoms with Gasteiger partial charge in [-0.05, 0) is 29.8 Å². The van der Waals surface area contributed by atoms with Crippen LogP contribution in [0.2, 0.25) is 0 Å². The van der Waals surface area contributed by atoms with Gasteiger partial charge in [-0.2, -0.15) is 0 Å². The maximum absolute atomic E-state index is 12.0. The number of hydrogen-bond acceptors (Lipinski definition) is 7. The zero-order valence-electron chi connectivity index (χ0n) is 14.8. The van der Waals surface area contributed by atoms with Crippen LogP contribution in [0.15, 0.2) is 42.5 Å². The number of amides is 1. The van der Waals surface area contributed by atoms with E-state index in [4.69, 9.17) is 14.2 Å². The van der Waals surface area contributed by atoms with Gasteiger partial charge in [0.15, 0.2) is 6.61 Å². The predicted octanol–water partition coefficient (Wildman–Crippen LogP) is 2.55. The van der Waals surface area contributed by atoms with E-state index in [-0.39, 0.29) is 22.7 Å². The number of hydrogen-bond donors (Lipinski definition) is 1. The van der Waals surface area contributed by atoms with Crippen molar-refractivity contribution in [1.29, 1.82) is 0 Å². The van der Waals surface area contributed by atoms with Gasteiger partial charge in [0, 0.05) is 7.11 Å². The van der Waals surface area contributed by atoms with Gasteiger partial charge in [-0.1, -0.05) is 12.1 Å². The van der Waals surface area contributed by atoms with Crippen molar-refractivity contribution in [1.82, 2.24) is 0 Å². The topological polar surface area (TPSA) is 117 Å². The number of rotatable bonds is 8. The largest absolute Gasteiger partial charge is 0.496 e. The van der Waals surface area contributed by atoms with Gasteiger partial charge in [-0.25, -0.2) is 4.79 Å². The van der Waals surface area contributed by atoms with Crippen LogP contribution in [0.5, 0.6) is 5.75 Å². The molecule has 0 atom stereocenters. The molecule has 0 saturated heterocycles. The Kier molecular flexibility index (Phi) is 6.84. The molecule has 0 unspecified atom stereocenters. The summed E-state index contributed by atoms with van der Waals surface area (Å²) in [5.41, 5.74) is 0.810. The van der Waals surface area contributed by atoms with Crippen LogP contribution in [0.25, 0.3) is 0 Å². The van der Waals surface area contributed by atoms with Crippen molar-refractivity contribution in [2.45, 2.75) is 6.61 Å². The number of esters is 1. The zero-order chi connectivity index (χ0) is 19.8. The average molecular weight is 374 g/mol. The molecule has 9 heteroatoms. The summed E-state index contributed by atoms with van der Waals surface area (Å²) < 4.78 is 14.8. The zero-order valence-corrected chi connectivity index (χ0v) is 14.8. The van der Waals surface area contributed by atoms with E-state index in [1.807, 2.05) is 0 Å². The smallest absolute Gasteiger partial charge is 0.338 e. The molecular weight excluding hydrogens is 356 g/mol. The number of ether oxygens (including phenoxy) is 3. The first-order valence-electron chi connectivity index (χ1n) is 7.82. The summed E-state index contributed by atoms with van der Waals surface area (Å²) in [5, 5.41) is 13.4. The minimum Gasteiger partial charge on any atom is -0.496 e. The van der Waals surface area contributed by atoms with Gasteiger partial charge in [0.05, 0.1) is 30.3 Å². The van der Waals surface area contributed by atoms with Gasteiger partial charge in [0.25, 0.3) is 11.6 Å². The van der Waals surface area contributed by atoms with Crippen molar-refractivity contribution in [3.8, 4) is 5.75 Å². The minimum atomic E-state index is -0.701. The number of nitro groups is 1. The first-order chi connectivity index (χ1) is 12.9. The molecule has 0 aliphatic heterocycles. The van der Waals surface area contributed by atoms with E-state index in [9.17, 15) is 19.7 Å². The fraction of sp³-hybridized carbons (Fsp3) is 0.222. The van der Waals surface area contributed by atoms with Crippen LogP contribution >= 0.6 is 0 Å². The monoisotopic (exact) mass is 374 g/mol. The Bertz CT molecular complexity index is 834. The van der Waals surface area contributed by atoms with Crippen molar-refractivity contribution in [3.63, 3.8) is 0 Å².